The van der Waals surface area contributed by atoms with E-state index in [2.05, 4.69) is 26.5 Å². The number of fused-ring (bicyclic) bond motifs is 1. The third-order valence-electron chi connectivity index (χ3n) is 5.01. The molecule has 1 N–H and O–H groups in total. The molecule has 1 saturated carbocycles. The summed E-state index contributed by atoms with van der Waals surface area (Å²) in [5, 5.41) is 9.07. The van der Waals surface area contributed by atoms with Crippen LogP contribution >= 0.6 is 0 Å². The maximum absolute atomic E-state index is 11.0. The Labute approximate surface area is 103 Å². The Hall–Kier alpha value is -1.05. The molecule has 0 radical (unpaired) electrons. The van der Waals surface area contributed by atoms with E-state index in [1.165, 1.54) is 12.8 Å². The summed E-state index contributed by atoms with van der Waals surface area (Å²) in [5.74, 6) is -0.00316. The van der Waals surface area contributed by atoms with E-state index < -0.39 is 5.97 Å². The van der Waals surface area contributed by atoms with Gasteiger partial charge in [-0.1, -0.05) is 32.1 Å². The number of carbonyl (C=O) groups is 1. The zero-order valence-corrected chi connectivity index (χ0v) is 10.8. The van der Waals surface area contributed by atoms with Crippen molar-refractivity contribution in [1.29, 1.82) is 0 Å². The van der Waals surface area contributed by atoms with Crippen molar-refractivity contribution in [2.24, 2.45) is 17.3 Å². The van der Waals surface area contributed by atoms with Crippen molar-refractivity contribution in [1.82, 2.24) is 0 Å². The molecule has 1 fully saturated rings. The molecule has 0 aromatic rings. The Morgan fingerprint density at radius 2 is 2.24 bits per heavy atom. The third kappa shape index (κ3) is 2.05. The molecule has 3 atom stereocenters. The first-order valence-electron chi connectivity index (χ1n) is 6.56. The van der Waals surface area contributed by atoms with Crippen LogP contribution in [-0.2, 0) is 4.79 Å². The van der Waals surface area contributed by atoms with Gasteiger partial charge in [-0.2, -0.15) is 0 Å². The lowest BCUT2D eigenvalue weighted by Gasteiger charge is -2.47. The summed E-state index contributed by atoms with van der Waals surface area (Å²) in [5.41, 5.74) is 2.17. The van der Waals surface area contributed by atoms with Crippen molar-refractivity contribution >= 4 is 5.97 Å². The van der Waals surface area contributed by atoms with Crippen molar-refractivity contribution in [3.63, 3.8) is 0 Å². The van der Waals surface area contributed by atoms with E-state index in [0.29, 0.717) is 11.5 Å². The van der Waals surface area contributed by atoms with E-state index in [9.17, 15) is 4.79 Å². The van der Waals surface area contributed by atoms with Gasteiger partial charge < -0.3 is 5.11 Å². The first-order chi connectivity index (χ1) is 7.95. The van der Waals surface area contributed by atoms with E-state index in [0.717, 1.165) is 19.3 Å². The fraction of sp³-hybridized carbons (Fsp3) is 0.667. The van der Waals surface area contributed by atoms with Crippen LogP contribution in [0, 0.1) is 17.3 Å². The van der Waals surface area contributed by atoms with E-state index in [1.54, 1.807) is 5.57 Å². The van der Waals surface area contributed by atoms with Gasteiger partial charge in [0.25, 0.3) is 0 Å². The number of rotatable bonds is 2. The van der Waals surface area contributed by atoms with E-state index >= 15 is 0 Å². The number of allylic oxidation sites excluding steroid dienone is 2. The summed E-state index contributed by atoms with van der Waals surface area (Å²) in [7, 11) is 0. The highest BCUT2D eigenvalue weighted by Gasteiger charge is 2.42. The number of hydrogen-bond donors (Lipinski definition) is 1. The average Bonchev–Trinajstić information content (AvgIpc) is 2.29. The lowest BCUT2D eigenvalue weighted by atomic mass is 9.57. The smallest absolute Gasteiger partial charge is 0.331 e. The van der Waals surface area contributed by atoms with E-state index in [4.69, 9.17) is 5.11 Å². The number of carboxylic acids is 1. The van der Waals surface area contributed by atoms with Crippen LogP contribution in [0.4, 0.5) is 0 Å². The molecule has 2 nitrogen and oxygen atoms in total. The summed E-state index contributed by atoms with van der Waals surface area (Å²) < 4.78 is 0. The Morgan fingerprint density at radius 3 is 2.88 bits per heavy atom. The largest absolute Gasteiger partial charge is 0.478 e. The van der Waals surface area contributed by atoms with Gasteiger partial charge in [0.05, 0.1) is 0 Å². The topological polar surface area (TPSA) is 37.3 Å². The van der Waals surface area contributed by atoms with Crippen LogP contribution in [-0.4, -0.2) is 11.1 Å². The Kier molecular flexibility index (Phi) is 3.15. The van der Waals surface area contributed by atoms with E-state index in [-0.39, 0.29) is 11.3 Å². The molecule has 3 unspecified atom stereocenters. The molecule has 0 aromatic carbocycles. The maximum Gasteiger partial charge on any atom is 0.331 e. The van der Waals surface area contributed by atoms with Crippen LogP contribution in [0.15, 0.2) is 23.8 Å². The lowest BCUT2D eigenvalue weighted by molar-refractivity contribution is -0.133. The molecule has 2 rings (SSSR count). The fourth-order valence-corrected chi connectivity index (χ4v) is 3.51. The van der Waals surface area contributed by atoms with Crippen molar-refractivity contribution in [2.75, 3.05) is 0 Å². The molecular weight excluding hydrogens is 212 g/mol. The van der Waals surface area contributed by atoms with Crippen molar-refractivity contribution in [3.05, 3.63) is 23.8 Å². The standard InChI is InChI=1S/C15H22O2/c1-10-5-4-6-13-8-7-12(9-15(10,13)3)11(2)14(16)17/h6,10,12H,2,4-5,7-9H2,1,3H3,(H,16,17). The predicted octanol–water partition coefficient (Wildman–Crippen LogP) is 3.79. The Balaban J connectivity index is 2.21. The highest BCUT2D eigenvalue weighted by Crippen LogP contribution is 2.53. The molecule has 2 heteroatoms. The predicted molar refractivity (Wildman–Crippen MR) is 68.7 cm³/mol. The second-order valence-corrected chi connectivity index (χ2v) is 5.90. The molecule has 17 heavy (non-hydrogen) atoms. The first-order valence-corrected chi connectivity index (χ1v) is 6.56. The summed E-state index contributed by atoms with van der Waals surface area (Å²) in [6.07, 6.45) is 7.78. The zero-order valence-electron chi connectivity index (χ0n) is 10.8. The van der Waals surface area contributed by atoms with Crippen LogP contribution < -0.4 is 0 Å². The van der Waals surface area contributed by atoms with Crippen LogP contribution in [0.3, 0.4) is 0 Å². The van der Waals surface area contributed by atoms with Crippen LogP contribution in [0.2, 0.25) is 0 Å². The molecule has 94 valence electrons. The maximum atomic E-state index is 11.0. The fourth-order valence-electron chi connectivity index (χ4n) is 3.51. The molecule has 0 bridgehead atoms. The summed E-state index contributed by atoms with van der Waals surface area (Å²) >= 11 is 0. The summed E-state index contributed by atoms with van der Waals surface area (Å²) in [6, 6.07) is 0. The zero-order chi connectivity index (χ0) is 12.6. The molecule has 0 aromatic heterocycles. The minimum atomic E-state index is -0.825. The SMILES string of the molecule is C=C(C(=O)O)C1CCC2=CCCC(C)C2(C)C1. The van der Waals surface area contributed by atoms with Gasteiger partial charge in [0.15, 0.2) is 0 Å². The van der Waals surface area contributed by atoms with Gasteiger partial charge in [-0.25, -0.2) is 4.79 Å². The molecule has 0 spiro atoms. The van der Waals surface area contributed by atoms with Gasteiger partial charge in [-0.3, -0.25) is 0 Å². The molecule has 0 heterocycles. The normalized spacial score (nSPS) is 36.9. The van der Waals surface area contributed by atoms with Crippen LogP contribution in [0.5, 0.6) is 0 Å². The minimum absolute atomic E-state index is 0.162. The Morgan fingerprint density at radius 1 is 1.53 bits per heavy atom. The molecule has 0 aliphatic heterocycles. The van der Waals surface area contributed by atoms with Gasteiger partial charge in [0, 0.05) is 5.57 Å². The quantitative estimate of drug-likeness (QED) is 0.583. The second kappa shape index (κ2) is 4.32. The van der Waals surface area contributed by atoms with Gasteiger partial charge in [0.1, 0.15) is 0 Å². The molecule has 0 saturated heterocycles. The molecule has 2 aliphatic carbocycles. The van der Waals surface area contributed by atoms with Gasteiger partial charge in [-0.15, -0.1) is 0 Å². The summed E-state index contributed by atoms with van der Waals surface area (Å²) in [4.78, 5) is 11.0. The number of hydrogen-bond acceptors (Lipinski definition) is 1. The van der Waals surface area contributed by atoms with Crippen molar-refractivity contribution in [2.45, 2.75) is 46.0 Å². The molecular formula is C15H22O2. The molecule has 2 aliphatic rings. The average molecular weight is 234 g/mol. The third-order valence-corrected chi connectivity index (χ3v) is 5.01. The van der Waals surface area contributed by atoms with E-state index in [1.807, 2.05) is 0 Å². The first kappa shape index (κ1) is 12.4. The van der Waals surface area contributed by atoms with Crippen LogP contribution in [0.1, 0.15) is 46.0 Å². The van der Waals surface area contributed by atoms with Gasteiger partial charge in [-0.05, 0) is 49.4 Å². The van der Waals surface area contributed by atoms with Crippen molar-refractivity contribution < 1.29 is 9.90 Å². The number of aliphatic carboxylic acids is 1. The van der Waals surface area contributed by atoms with Gasteiger partial charge >= 0.3 is 5.97 Å². The molecule has 0 amide bonds. The minimum Gasteiger partial charge on any atom is -0.478 e. The van der Waals surface area contributed by atoms with Crippen LogP contribution in [0.25, 0.3) is 0 Å². The van der Waals surface area contributed by atoms with Gasteiger partial charge in [0.2, 0.25) is 0 Å². The highest BCUT2D eigenvalue weighted by atomic mass is 16.4. The summed E-state index contributed by atoms with van der Waals surface area (Å²) in [6.45, 7) is 8.37. The Bertz CT molecular complexity index is 380. The highest BCUT2D eigenvalue weighted by molar-refractivity contribution is 5.86. The second-order valence-electron chi connectivity index (χ2n) is 5.90. The van der Waals surface area contributed by atoms with Crippen molar-refractivity contribution in [3.8, 4) is 0 Å². The lowest BCUT2D eigenvalue weighted by Crippen LogP contribution is -2.37. The number of carboxylic acid groups (broad SMARTS) is 1. The monoisotopic (exact) mass is 234 g/mol.